The van der Waals surface area contributed by atoms with Gasteiger partial charge in [-0.25, -0.2) is 4.98 Å². The van der Waals surface area contributed by atoms with Gasteiger partial charge in [0.05, 0.1) is 5.69 Å². The average Bonchev–Trinajstić information content (AvgIpc) is 3.30. The van der Waals surface area contributed by atoms with Gasteiger partial charge in [0.2, 0.25) is 0 Å². The maximum Gasteiger partial charge on any atom is 0.251 e. The molecule has 1 aliphatic rings. The molecule has 30 heavy (non-hydrogen) atoms. The van der Waals surface area contributed by atoms with Crippen molar-refractivity contribution >= 4 is 22.4 Å². The molecule has 0 saturated carbocycles. The van der Waals surface area contributed by atoms with E-state index in [1.165, 1.54) is 16.0 Å². The number of hydrogen-bond donors (Lipinski definition) is 1. The second kappa shape index (κ2) is 8.84. The van der Waals surface area contributed by atoms with Gasteiger partial charge >= 0.3 is 0 Å². The Morgan fingerprint density at radius 2 is 2.00 bits per heavy atom. The lowest BCUT2D eigenvalue weighted by Gasteiger charge is -2.20. The number of anilines is 1. The van der Waals surface area contributed by atoms with Crippen LogP contribution in [-0.2, 0) is 13.0 Å². The summed E-state index contributed by atoms with van der Waals surface area (Å²) in [6.07, 6.45) is 2.87. The van der Waals surface area contributed by atoms with Crippen molar-refractivity contribution in [3.05, 3.63) is 82.8 Å². The van der Waals surface area contributed by atoms with E-state index in [1.54, 1.807) is 11.3 Å². The lowest BCUT2D eigenvalue weighted by atomic mass is 10.1. The molecule has 1 heterocycles. The molecule has 3 aromatic rings. The fourth-order valence-electron chi connectivity index (χ4n) is 3.63. The van der Waals surface area contributed by atoms with E-state index in [0.717, 1.165) is 35.9 Å². The van der Waals surface area contributed by atoms with Crippen LogP contribution in [0.2, 0.25) is 0 Å². The van der Waals surface area contributed by atoms with Gasteiger partial charge in [0.25, 0.3) is 5.91 Å². The molecular weight excluding hydrogens is 390 g/mol. The van der Waals surface area contributed by atoms with E-state index >= 15 is 0 Å². The van der Waals surface area contributed by atoms with Gasteiger partial charge in [0.15, 0.2) is 5.13 Å². The first-order chi connectivity index (χ1) is 14.5. The molecule has 1 aromatic heterocycles. The van der Waals surface area contributed by atoms with Gasteiger partial charge in [0.1, 0.15) is 0 Å². The third kappa shape index (κ3) is 4.31. The van der Waals surface area contributed by atoms with Gasteiger partial charge in [0, 0.05) is 42.1 Å². The maximum absolute atomic E-state index is 12.2. The standard InChI is InChI=1S/C25H27N3OS/c1-4-13-28(16-18-9-11-19(12-10-18)24(29)26-15-17(2)3)25-27-23-21-8-6-5-7-20(21)14-22(23)30-25/h4-12,17H,1,13-16H2,2-3H3,(H,26,29). The van der Waals surface area contributed by atoms with Crippen molar-refractivity contribution in [1.82, 2.24) is 10.3 Å². The summed E-state index contributed by atoms with van der Waals surface area (Å²) in [5, 5.41) is 3.99. The molecule has 4 nitrogen and oxygen atoms in total. The zero-order chi connectivity index (χ0) is 21.1. The molecule has 154 valence electrons. The molecule has 2 aromatic carbocycles. The van der Waals surface area contributed by atoms with Crippen LogP contribution in [0, 0.1) is 5.92 Å². The second-order valence-electron chi connectivity index (χ2n) is 8.07. The van der Waals surface area contributed by atoms with Crippen molar-refractivity contribution < 1.29 is 4.79 Å². The molecule has 0 fully saturated rings. The molecule has 0 spiro atoms. The van der Waals surface area contributed by atoms with Crippen LogP contribution in [0.4, 0.5) is 5.13 Å². The number of nitrogens with one attached hydrogen (secondary N) is 1. The topological polar surface area (TPSA) is 45.2 Å². The number of rotatable bonds is 8. The molecular formula is C25H27N3OS. The number of thiazole rings is 1. The highest BCUT2D eigenvalue weighted by atomic mass is 32.1. The molecule has 0 unspecified atom stereocenters. The molecule has 0 radical (unpaired) electrons. The van der Waals surface area contributed by atoms with Gasteiger partial charge in [-0.3, -0.25) is 4.79 Å². The Morgan fingerprint density at radius 1 is 1.23 bits per heavy atom. The van der Waals surface area contributed by atoms with E-state index in [-0.39, 0.29) is 5.91 Å². The third-order valence-corrected chi connectivity index (χ3v) is 6.31. The Bertz CT molecular complexity index is 1050. The van der Waals surface area contributed by atoms with Crippen LogP contribution in [0.25, 0.3) is 11.3 Å². The smallest absolute Gasteiger partial charge is 0.251 e. The lowest BCUT2D eigenvalue weighted by Crippen LogP contribution is -2.27. The minimum atomic E-state index is -0.0202. The molecule has 1 aliphatic carbocycles. The molecule has 0 aliphatic heterocycles. The van der Waals surface area contributed by atoms with Crippen LogP contribution >= 0.6 is 11.3 Å². The average molecular weight is 418 g/mol. The fourth-order valence-corrected chi connectivity index (χ4v) is 4.74. The summed E-state index contributed by atoms with van der Waals surface area (Å²) in [6.45, 7) is 10.2. The van der Waals surface area contributed by atoms with E-state index in [2.05, 4.69) is 54.9 Å². The predicted molar refractivity (Wildman–Crippen MR) is 125 cm³/mol. The highest BCUT2D eigenvalue weighted by molar-refractivity contribution is 7.16. The molecule has 0 saturated heterocycles. The summed E-state index contributed by atoms with van der Waals surface area (Å²) in [5.74, 6) is 0.417. The number of amides is 1. The Hall–Kier alpha value is -2.92. The largest absolute Gasteiger partial charge is 0.352 e. The quantitative estimate of drug-likeness (QED) is 0.396. The Labute approximate surface area is 182 Å². The van der Waals surface area contributed by atoms with E-state index in [4.69, 9.17) is 4.98 Å². The monoisotopic (exact) mass is 417 g/mol. The number of fused-ring (bicyclic) bond motifs is 3. The Kier molecular flexibility index (Phi) is 6.00. The van der Waals surface area contributed by atoms with Crippen molar-refractivity contribution in [2.24, 2.45) is 5.92 Å². The van der Waals surface area contributed by atoms with Crippen LogP contribution in [-0.4, -0.2) is 24.0 Å². The number of carbonyl (C=O) groups excluding carboxylic acids is 1. The zero-order valence-corrected chi connectivity index (χ0v) is 18.3. The Balaban J connectivity index is 1.49. The lowest BCUT2D eigenvalue weighted by molar-refractivity contribution is 0.0949. The molecule has 5 heteroatoms. The van der Waals surface area contributed by atoms with Gasteiger partial charge in [-0.15, -0.1) is 17.9 Å². The van der Waals surface area contributed by atoms with Gasteiger partial charge in [-0.1, -0.05) is 56.3 Å². The predicted octanol–water partition coefficient (Wildman–Crippen LogP) is 5.29. The summed E-state index contributed by atoms with van der Waals surface area (Å²) in [4.78, 5) is 20.8. The van der Waals surface area contributed by atoms with Crippen molar-refractivity contribution in [3.8, 4) is 11.3 Å². The minimum Gasteiger partial charge on any atom is -0.352 e. The number of hydrogen-bond acceptors (Lipinski definition) is 4. The van der Waals surface area contributed by atoms with Crippen molar-refractivity contribution in [2.75, 3.05) is 18.0 Å². The summed E-state index contributed by atoms with van der Waals surface area (Å²) in [6, 6.07) is 16.4. The summed E-state index contributed by atoms with van der Waals surface area (Å²) >= 11 is 1.77. The van der Waals surface area contributed by atoms with Crippen LogP contribution in [0.1, 0.15) is 40.2 Å². The van der Waals surface area contributed by atoms with E-state index in [1.807, 2.05) is 30.3 Å². The molecule has 1 amide bonds. The summed E-state index contributed by atoms with van der Waals surface area (Å²) in [7, 11) is 0. The van der Waals surface area contributed by atoms with Crippen LogP contribution < -0.4 is 10.2 Å². The summed E-state index contributed by atoms with van der Waals surface area (Å²) < 4.78 is 0. The second-order valence-corrected chi connectivity index (χ2v) is 9.13. The van der Waals surface area contributed by atoms with Gasteiger partial charge < -0.3 is 10.2 Å². The highest BCUT2D eigenvalue weighted by Gasteiger charge is 2.24. The first-order valence-corrected chi connectivity index (χ1v) is 11.2. The molecule has 1 N–H and O–H groups in total. The highest BCUT2D eigenvalue weighted by Crippen LogP contribution is 2.42. The first-order valence-electron chi connectivity index (χ1n) is 10.4. The van der Waals surface area contributed by atoms with Gasteiger partial charge in [-0.05, 0) is 29.2 Å². The first kappa shape index (κ1) is 20.4. The number of nitrogens with zero attached hydrogens (tertiary/aromatic N) is 2. The van der Waals surface area contributed by atoms with Crippen molar-refractivity contribution in [1.29, 1.82) is 0 Å². The molecule has 0 atom stereocenters. The SMILES string of the molecule is C=CCN(Cc1ccc(C(=O)NCC(C)C)cc1)c1nc2c(s1)Cc1ccccc1-2. The molecule has 0 bridgehead atoms. The van der Waals surface area contributed by atoms with Gasteiger partial charge in [-0.2, -0.15) is 0 Å². The number of aromatic nitrogens is 1. The van der Waals surface area contributed by atoms with Crippen LogP contribution in [0.5, 0.6) is 0 Å². The van der Waals surface area contributed by atoms with E-state index < -0.39 is 0 Å². The van der Waals surface area contributed by atoms with Crippen LogP contribution in [0.3, 0.4) is 0 Å². The van der Waals surface area contributed by atoms with E-state index in [9.17, 15) is 4.79 Å². The minimum absolute atomic E-state index is 0.0202. The zero-order valence-electron chi connectivity index (χ0n) is 17.5. The van der Waals surface area contributed by atoms with Crippen LogP contribution in [0.15, 0.2) is 61.2 Å². The van der Waals surface area contributed by atoms with Crippen molar-refractivity contribution in [3.63, 3.8) is 0 Å². The Morgan fingerprint density at radius 3 is 2.73 bits per heavy atom. The number of benzene rings is 2. The third-order valence-electron chi connectivity index (χ3n) is 5.19. The number of carbonyl (C=O) groups is 1. The summed E-state index contributed by atoms with van der Waals surface area (Å²) in [5.41, 5.74) is 5.58. The van der Waals surface area contributed by atoms with Crippen molar-refractivity contribution in [2.45, 2.75) is 26.8 Å². The fraction of sp³-hybridized carbons (Fsp3) is 0.280. The van der Waals surface area contributed by atoms with E-state index in [0.29, 0.717) is 18.0 Å². The normalized spacial score (nSPS) is 11.8. The maximum atomic E-state index is 12.2. The molecule has 4 rings (SSSR count).